The number of benzene rings is 1. The lowest BCUT2D eigenvalue weighted by Gasteiger charge is -2.21. The van der Waals surface area contributed by atoms with Gasteiger partial charge in [-0.05, 0) is 12.0 Å². The van der Waals surface area contributed by atoms with Gasteiger partial charge in [0.15, 0.2) is 0 Å². The fraction of sp³-hybridized carbons (Fsp3) is 0.556. The molecule has 1 heterocycles. The first-order valence-corrected chi connectivity index (χ1v) is 8.18. The SMILES string of the molecule is CCCCCN1CC(C(=O)N(C)Cc2ccccc2)CC1=O. The van der Waals surface area contributed by atoms with E-state index in [0.29, 0.717) is 19.5 Å². The standard InChI is InChI=1S/C18H26N2O2/c1-3-4-8-11-20-14-16(12-17(20)21)18(22)19(2)13-15-9-6-5-7-10-15/h5-7,9-10,16H,3-4,8,11-14H2,1-2H3. The molecule has 0 spiro atoms. The number of hydrogen-bond donors (Lipinski definition) is 0. The van der Waals surface area contributed by atoms with Crippen LogP contribution < -0.4 is 0 Å². The summed E-state index contributed by atoms with van der Waals surface area (Å²) in [6.45, 7) is 4.12. The highest BCUT2D eigenvalue weighted by molar-refractivity contribution is 5.89. The summed E-state index contributed by atoms with van der Waals surface area (Å²) in [6.07, 6.45) is 3.67. The molecule has 0 radical (unpaired) electrons. The molecule has 2 amide bonds. The van der Waals surface area contributed by atoms with Gasteiger partial charge in [0, 0.05) is 33.1 Å². The van der Waals surface area contributed by atoms with Crippen molar-refractivity contribution >= 4 is 11.8 Å². The average molecular weight is 302 g/mol. The van der Waals surface area contributed by atoms with Gasteiger partial charge < -0.3 is 9.80 Å². The zero-order valence-electron chi connectivity index (χ0n) is 13.6. The minimum absolute atomic E-state index is 0.0789. The topological polar surface area (TPSA) is 40.6 Å². The Kier molecular flexibility index (Phi) is 5.99. The number of nitrogens with zero attached hydrogens (tertiary/aromatic N) is 2. The average Bonchev–Trinajstić information content (AvgIpc) is 2.89. The van der Waals surface area contributed by atoms with E-state index in [1.807, 2.05) is 42.3 Å². The highest BCUT2D eigenvalue weighted by Gasteiger charge is 2.35. The first-order valence-electron chi connectivity index (χ1n) is 8.18. The van der Waals surface area contributed by atoms with E-state index in [4.69, 9.17) is 0 Å². The van der Waals surface area contributed by atoms with Crippen molar-refractivity contribution in [2.24, 2.45) is 5.92 Å². The molecule has 1 saturated heterocycles. The Hall–Kier alpha value is -1.84. The largest absolute Gasteiger partial charge is 0.342 e. The van der Waals surface area contributed by atoms with Gasteiger partial charge in [0.1, 0.15) is 0 Å². The molecule has 1 unspecified atom stereocenters. The molecular formula is C18H26N2O2. The summed E-state index contributed by atoms with van der Waals surface area (Å²) in [5, 5.41) is 0. The summed E-state index contributed by atoms with van der Waals surface area (Å²) in [5.74, 6) is 0.0283. The maximum Gasteiger partial charge on any atom is 0.228 e. The Morgan fingerprint density at radius 1 is 1.27 bits per heavy atom. The molecular weight excluding hydrogens is 276 g/mol. The van der Waals surface area contributed by atoms with Gasteiger partial charge >= 0.3 is 0 Å². The lowest BCUT2D eigenvalue weighted by molar-refractivity contribution is -0.135. The minimum Gasteiger partial charge on any atom is -0.342 e. The maximum atomic E-state index is 12.5. The Bertz CT molecular complexity index is 501. The second-order valence-corrected chi connectivity index (χ2v) is 6.13. The quantitative estimate of drug-likeness (QED) is 0.727. The molecule has 120 valence electrons. The number of unbranched alkanes of at least 4 members (excludes halogenated alkanes) is 2. The Morgan fingerprint density at radius 3 is 2.68 bits per heavy atom. The zero-order chi connectivity index (χ0) is 15.9. The summed E-state index contributed by atoms with van der Waals surface area (Å²) < 4.78 is 0. The van der Waals surface area contributed by atoms with E-state index >= 15 is 0 Å². The van der Waals surface area contributed by atoms with Crippen LogP contribution in [-0.4, -0.2) is 41.8 Å². The van der Waals surface area contributed by atoms with Crippen LogP contribution in [0.5, 0.6) is 0 Å². The Labute approximate surface area is 133 Å². The number of rotatable bonds is 7. The molecule has 0 saturated carbocycles. The second kappa shape index (κ2) is 7.97. The Balaban J connectivity index is 1.86. The zero-order valence-corrected chi connectivity index (χ0v) is 13.6. The van der Waals surface area contributed by atoms with E-state index in [1.165, 1.54) is 0 Å². The van der Waals surface area contributed by atoms with Crippen LogP contribution in [-0.2, 0) is 16.1 Å². The fourth-order valence-electron chi connectivity index (χ4n) is 2.95. The number of hydrogen-bond acceptors (Lipinski definition) is 2. The van der Waals surface area contributed by atoms with Crippen LogP contribution in [0.25, 0.3) is 0 Å². The number of likely N-dealkylation sites (tertiary alicyclic amines) is 1. The predicted octanol–water partition coefficient (Wildman–Crippen LogP) is 2.68. The van der Waals surface area contributed by atoms with Crippen LogP contribution in [0, 0.1) is 5.92 Å². The van der Waals surface area contributed by atoms with Gasteiger partial charge in [0.2, 0.25) is 11.8 Å². The lowest BCUT2D eigenvalue weighted by atomic mass is 10.1. The van der Waals surface area contributed by atoms with Crippen LogP contribution in [0.1, 0.15) is 38.2 Å². The van der Waals surface area contributed by atoms with Gasteiger partial charge in [-0.15, -0.1) is 0 Å². The third kappa shape index (κ3) is 4.33. The van der Waals surface area contributed by atoms with Crippen molar-refractivity contribution in [2.75, 3.05) is 20.1 Å². The van der Waals surface area contributed by atoms with Gasteiger partial charge in [-0.3, -0.25) is 9.59 Å². The summed E-state index contributed by atoms with van der Waals surface area (Å²) in [4.78, 5) is 28.1. The van der Waals surface area contributed by atoms with Crippen molar-refractivity contribution in [3.05, 3.63) is 35.9 Å². The Morgan fingerprint density at radius 2 is 2.00 bits per heavy atom. The van der Waals surface area contributed by atoms with Gasteiger partial charge in [0.05, 0.1) is 5.92 Å². The van der Waals surface area contributed by atoms with Crippen LogP contribution in [0.2, 0.25) is 0 Å². The van der Waals surface area contributed by atoms with E-state index in [2.05, 4.69) is 6.92 Å². The molecule has 0 N–H and O–H groups in total. The molecule has 1 fully saturated rings. The van der Waals surface area contributed by atoms with E-state index in [-0.39, 0.29) is 17.7 Å². The van der Waals surface area contributed by atoms with Gasteiger partial charge in [-0.1, -0.05) is 50.1 Å². The monoisotopic (exact) mass is 302 g/mol. The molecule has 4 heteroatoms. The smallest absolute Gasteiger partial charge is 0.228 e. The van der Waals surface area contributed by atoms with Crippen molar-refractivity contribution in [2.45, 2.75) is 39.2 Å². The van der Waals surface area contributed by atoms with Crippen molar-refractivity contribution < 1.29 is 9.59 Å². The molecule has 1 atom stereocenters. The third-order valence-corrected chi connectivity index (χ3v) is 4.23. The fourth-order valence-corrected chi connectivity index (χ4v) is 2.95. The molecule has 0 bridgehead atoms. The van der Waals surface area contributed by atoms with E-state index in [9.17, 15) is 9.59 Å². The van der Waals surface area contributed by atoms with E-state index in [0.717, 1.165) is 31.4 Å². The van der Waals surface area contributed by atoms with Gasteiger partial charge in [0.25, 0.3) is 0 Å². The summed E-state index contributed by atoms with van der Waals surface area (Å²) >= 11 is 0. The predicted molar refractivity (Wildman–Crippen MR) is 87.1 cm³/mol. The van der Waals surface area contributed by atoms with Crippen molar-refractivity contribution in [3.8, 4) is 0 Å². The second-order valence-electron chi connectivity index (χ2n) is 6.13. The third-order valence-electron chi connectivity index (χ3n) is 4.23. The van der Waals surface area contributed by atoms with Crippen LogP contribution >= 0.6 is 0 Å². The first kappa shape index (κ1) is 16.5. The lowest BCUT2D eigenvalue weighted by Crippen LogP contribution is -2.34. The molecule has 0 aliphatic carbocycles. The van der Waals surface area contributed by atoms with Gasteiger partial charge in [-0.25, -0.2) is 0 Å². The maximum absolute atomic E-state index is 12.5. The van der Waals surface area contributed by atoms with Crippen molar-refractivity contribution in [1.82, 2.24) is 9.80 Å². The van der Waals surface area contributed by atoms with Crippen LogP contribution in [0.4, 0.5) is 0 Å². The first-order chi connectivity index (χ1) is 10.6. The normalized spacial score (nSPS) is 17.8. The van der Waals surface area contributed by atoms with Crippen molar-refractivity contribution in [3.63, 3.8) is 0 Å². The van der Waals surface area contributed by atoms with E-state index < -0.39 is 0 Å². The molecule has 1 aromatic carbocycles. The summed E-state index contributed by atoms with van der Waals surface area (Å²) in [5.41, 5.74) is 1.11. The number of amides is 2. The minimum atomic E-state index is -0.178. The molecule has 1 aliphatic heterocycles. The van der Waals surface area contributed by atoms with Crippen LogP contribution in [0.3, 0.4) is 0 Å². The molecule has 0 aromatic heterocycles. The molecule has 22 heavy (non-hydrogen) atoms. The van der Waals surface area contributed by atoms with Gasteiger partial charge in [-0.2, -0.15) is 0 Å². The van der Waals surface area contributed by atoms with Crippen molar-refractivity contribution in [1.29, 1.82) is 0 Å². The summed E-state index contributed by atoms with van der Waals surface area (Å²) in [6, 6.07) is 9.95. The van der Waals surface area contributed by atoms with Crippen LogP contribution in [0.15, 0.2) is 30.3 Å². The number of carbonyl (C=O) groups is 2. The highest BCUT2D eigenvalue weighted by Crippen LogP contribution is 2.21. The molecule has 1 aliphatic rings. The number of carbonyl (C=O) groups excluding carboxylic acids is 2. The molecule has 4 nitrogen and oxygen atoms in total. The van der Waals surface area contributed by atoms with E-state index in [1.54, 1.807) is 4.90 Å². The molecule has 2 rings (SSSR count). The molecule has 1 aromatic rings. The highest BCUT2D eigenvalue weighted by atomic mass is 16.2. The summed E-state index contributed by atoms with van der Waals surface area (Å²) in [7, 11) is 1.82.